The van der Waals surface area contributed by atoms with E-state index in [2.05, 4.69) is 24.5 Å². The molecule has 0 amide bonds. The van der Waals surface area contributed by atoms with E-state index in [1.807, 2.05) is 0 Å². The number of aliphatic hydroxyl groups is 1. The van der Waals surface area contributed by atoms with E-state index in [0.717, 1.165) is 11.7 Å². The largest absolute Gasteiger partial charge is 0.472 e. The third kappa shape index (κ3) is 6.69. The number of phosphoric ester groups is 2. The van der Waals surface area contributed by atoms with Crippen molar-refractivity contribution in [3.05, 3.63) is 57.6 Å². The molecule has 6 N–H and O–H groups in total. The van der Waals surface area contributed by atoms with E-state index in [4.69, 9.17) is 28.8 Å². The van der Waals surface area contributed by atoms with Gasteiger partial charge in [0.2, 0.25) is 5.95 Å². The number of hydrogen-bond acceptors (Lipinski definition) is 15. The summed E-state index contributed by atoms with van der Waals surface area (Å²) in [5.74, 6) is -0.231. The standard InChI is InChI=1S/C24H29N7O13P2/c1-39-45(35,36)40-9-13-7-17(23(43-13)30-11-27-18-19(30)28-24(25)29-20(18)33)44-46(37,38)41-8-12-6-16(32)22(42-12)31-10-26-15-5-3-2-4-14(15)21(31)34/h2-5,10-13,16-17,22-23,32H,6-9H2,1H3,(H,35,36)(H,37,38)(H3,25,28,29,33)/t12-,13-,16-,17-,22+,23+/m0/s1. The second-order valence-corrected chi connectivity index (χ2v) is 13.4. The molecule has 248 valence electrons. The van der Waals surface area contributed by atoms with Crippen LogP contribution in [0, 0.1) is 0 Å². The minimum atomic E-state index is -4.89. The molecular formula is C24H29N7O13P2. The van der Waals surface area contributed by atoms with Crippen molar-refractivity contribution in [3.8, 4) is 0 Å². The molecule has 3 aromatic heterocycles. The number of phosphoric acid groups is 2. The number of fused-ring (bicyclic) bond motifs is 2. The van der Waals surface area contributed by atoms with Crippen molar-refractivity contribution in [2.75, 3.05) is 26.1 Å². The molecule has 0 spiro atoms. The molecule has 4 aromatic rings. The highest BCUT2D eigenvalue weighted by Gasteiger charge is 2.44. The zero-order valence-electron chi connectivity index (χ0n) is 23.9. The van der Waals surface area contributed by atoms with Crippen molar-refractivity contribution in [1.82, 2.24) is 29.1 Å². The van der Waals surface area contributed by atoms with Crippen molar-refractivity contribution in [2.45, 2.75) is 49.7 Å². The molecule has 1 aromatic carbocycles. The van der Waals surface area contributed by atoms with E-state index >= 15 is 0 Å². The number of aromatic amines is 1. The van der Waals surface area contributed by atoms with Gasteiger partial charge in [-0.1, -0.05) is 12.1 Å². The zero-order chi connectivity index (χ0) is 32.8. The van der Waals surface area contributed by atoms with Crippen LogP contribution in [0.5, 0.6) is 0 Å². The molecular weight excluding hydrogens is 656 g/mol. The highest BCUT2D eigenvalue weighted by Crippen LogP contribution is 2.50. The summed E-state index contributed by atoms with van der Waals surface area (Å²) in [6.07, 6.45) is -4.45. The van der Waals surface area contributed by atoms with Gasteiger partial charge in [-0.2, -0.15) is 4.98 Å². The number of rotatable bonds is 11. The predicted molar refractivity (Wildman–Crippen MR) is 155 cm³/mol. The second kappa shape index (κ2) is 12.7. The van der Waals surface area contributed by atoms with Crippen LogP contribution in [-0.4, -0.2) is 88.7 Å². The Morgan fingerprint density at radius 3 is 2.43 bits per heavy atom. The summed E-state index contributed by atoms with van der Waals surface area (Å²) in [7, 11) is -8.31. The van der Waals surface area contributed by atoms with Gasteiger partial charge in [-0.25, -0.2) is 19.1 Å². The fourth-order valence-corrected chi connectivity index (χ4v) is 6.66. The monoisotopic (exact) mass is 685 g/mol. The van der Waals surface area contributed by atoms with E-state index < -0.39 is 76.8 Å². The van der Waals surface area contributed by atoms with Crippen LogP contribution in [-0.2, 0) is 36.7 Å². The van der Waals surface area contributed by atoms with Crippen molar-refractivity contribution >= 4 is 43.7 Å². The first-order chi connectivity index (χ1) is 21.8. The minimum Gasteiger partial charge on any atom is -0.388 e. The number of nitrogens with one attached hydrogen (secondary N) is 1. The van der Waals surface area contributed by atoms with Crippen LogP contribution in [0.1, 0.15) is 25.3 Å². The smallest absolute Gasteiger partial charge is 0.388 e. The number of anilines is 1. The number of benzene rings is 1. The molecule has 2 unspecified atom stereocenters. The van der Waals surface area contributed by atoms with Crippen LogP contribution < -0.4 is 16.9 Å². The SMILES string of the molecule is COP(=O)(O)OC[C@@H]1C[C@H](OP(=O)(O)OC[C@@H]2C[C@H](O)[C@H](n3cnc4ccccc4c3=O)O2)[C@H](n2cnc3c(=O)[nH]c(N)nc32)O1. The lowest BCUT2D eigenvalue weighted by Gasteiger charge is -2.23. The molecule has 2 saturated heterocycles. The number of nitrogens with two attached hydrogens (primary N) is 1. The van der Waals surface area contributed by atoms with E-state index in [-0.39, 0.29) is 30.0 Å². The first-order valence-corrected chi connectivity index (χ1v) is 16.7. The molecule has 46 heavy (non-hydrogen) atoms. The van der Waals surface area contributed by atoms with Crippen LogP contribution in [0.15, 0.2) is 46.5 Å². The van der Waals surface area contributed by atoms with Crippen LogP contribution in [0.3, 0.4) is 0 Å². The second-order valence-electron chi connectivity index (χ2n) is 10.4. The number of nitrogen functional groups attached to an aromatic ring is 1. The van der Waals surface area contributed by atoms with Gasteiger partial charge in [-0.15, -0.1) is 0 Å². The van der Waals surface area contributed by atoms with Gasteiger partial charge in [0.15, 0.2) is 23.6 Å². The molecule has 5 heterocycles. The highest BCUT2D eigenvalue weighted by molar-refractivity contribution is 7.47. The van der Waals surface area contributed by atoms with E-state index in [0.29, 0.717) is 10.9 Å². The van der Waals surface area contributed by atoms with Gasteiger partial charge in [0.1, 0.15) is 18.5 Å². The normalized spacial score (nSPS) is 27.7. The Morgan fingerprint density at radius 2 is 1.67 bits per heavy atom. The summed E-state index contributed by atoms with van der Waals surface area (Å²) in [5, 5.41) is 11.0. The first kappa shape index (κ1) is 32.5. The van der Waals surface area contributed by atoms with Crippen molar-refractivity contribution in [3.63, 3.8) is 0 Å². The predicted octanol–water partition coefficient (Wildman–Crippen LogP) is 0.313. The van der Waals surface area contributed by atoms with Crippen LogP contribution >= 0.6 is 15.6 Å². The number of nitrogens with zero attached hydrogens (tertiary/aromatic N) is 5. The maximum Gasteiger partial charge on any atom is 0.472 e. The highest BCUT2D eigenvalue weighted by atomic mass is 31.2. The topological polar surface area (TPSA) is 275 Å². The molecule has 8 atom stereocenters. The lowest BCUT2D eigenvalue weighted by molar-refractivity contribution is -0.0607. The van der Waals surface area contributed by atoms with Crippen LogP contribution in [0.4, 0.5) is 5.95 Å². The minimum absolute atomic E-state index is 0.0300. The molecule has 2 fully saturated rings. The van der Waals surface area contributed by atoms with Crippen molar-refractivity contribution in [1.29, 1.82) is 0 Å². The third-order valence-electron chi connectivity index (χ3n) is 7.35. The number of imidazole rings is 1. The average Bonchev–Trinajstić information content (AvgIpc) is 3.72. The van der Waals surface area contributed by atoms with Gasteiger partial charge in [0.05, 0.1) is 42.7 Å². The van der Waals surface area contributed by atoms with Crippen molar-refractivity contribution in [2.24, 2.45) is 0 Å². The molecule has 22 heteroatoms. The molecule has 6 rings (SSSR count). The maximum absolute atomic E-state index is 13.1. The van der Waals surface area contributed by atoms with Gasteiger partial charge in [-0.05, 0) is 12.1 Å². The summed E-state index contributed by atoms with van der Waals surface area (Å²) in [6.45, 7) is -0.986. The number of aromatic nitrogens is 6. The summed E-state index contributed by atoms with van der Waals surface area (Å²) >= 11 is 0. The summed E-state index contributed by atoms with van der Waals surface area (Å²) in [5.41, 5.74) is 4.94. The third-order valence-corrected chi connectivity index (χ3v) is 9.30. The Labute approximate surface area is 257 Å². The summed E-state index contributed by atoms with van der Waals surface area (Å²) < 4.78 is 59.0. The maximum atomic E-state index is 13.1. The Bertz CT molecular complexity index is 1970. The molecule has 2 aliphatic heterocycles. The lowest BCUT2D eigenvalue weighted by Crippen LogP contribution is -2.30. The molecule has 20 nitrogen and oxygen atoms in total. The fourth-order valence-electron chi connectivity index (χ4n) is 5.25. The zero-order valence-corrected chi connectivity index (χ0v) is 25.7. The molecule has 0 radical (unpaired) electrons. The number of para-hydroxylation sites is 1. The summed E-state index contributed by atoms with van der Waals surface area (Å²) in [6, 6.07) is 6.67. The van der Waals surface area contributed by atoms with Gasteiger partial charge >= 0.3 is 15.6 Å². The fraction of sp³-hybridized carbons (Fsp3) is 0.458. The van der Waals surface area contributed by atoms with E-state index in [1.54, 1.807) is 24.3 Å². The Balaban J connectivity index is 1.16. The molecule has 0 saturated carbocycles. The Morgan fingerprint density at radius 1 is 1.00 bits per heavy atom. The van der Waals surface area contributed by atoms with Gasteiger partial charge < -0.3 is 30.1 Å². The molecule has 0 aliphatic carbocycles. The van der Waals surface area contributed by atoms with Crippen LogP contribution in [0.25, 0.3) is 22.1 Å². The molecule has 0 bridgehead atoms. The number of H-pyrrole nitrogens is 1. The van der Waals surface area contributed by atoms with Gasteiger partial charge in [0, 0.05) is 20.0 Å². The Kier molecular flexibility index (Phi) is 8.96. The number of ether oxygens (including phenoxy) is 2. The molecule has 2 aliphatic rings. The quantitative estimate of drug-likeness (QED) is 0.133. The van der Waals surface area contributed by atoms with E-state index in [9.17, 15) is 33.6 Å². The van der Waals surface area contributed by atoms with E-state index in [1.165, 1.54) is 17.2 Å². The number of hydrogen-bond donors (Lipinski definition) is 5. The lowest BCUT2D eigenvalue weighted by atomic mass is 10.2. The number of aliphatic hydroxyl groups excluding tert-OH is 1. The van der Waals surface area contributed by atoms with Gasteiger partial charge in [-0.3, -0.25) is 41.8 Å². The Hall–Kier alpha value is -3.39. The average molecular weight is 685 g/mol. The van der Waals surface area contributed by atoms with Gasteiger partial charge in [0.25, 0.3) is 11.1 Å². The first-order valence-electron chi connectivity index (χ1n) is 13.7. The summed E-state index contributed by atoms with van der Waals surface area (Å²) in [4.78, 5) is 60.2. The van der Waals surface area contributed by atoms with Crippen LogP contribution in [0.2, 0.25) is 0 Å². The van der Waals surface area contributed by atoms with Crippen molar-refractivity contribution < 1.29 is 51.6 Å².